The molecule has 0 saturated carbocycles. The molecule has 5 nitrogen and oxygen atoms in total. The van der Waals surface area contributed by atoms with Crippen LogP contribution in [0.5, 0.6) is 0 Å². The lowest BCUT2D eigenvalue weighted by atomic mass is 10.3. The van der Waals surface area contributed by atoms with Gasteiger partial charge in [-0.25, -0.2) is 4.98 Å². The van der Waals surface area contributed by atoms with E-state index in [0.29, 0.717) is 36.0 Å². The summed E-state index contributed by atoms with van der Waals surface area (Å²) in [6.07, 6.45) is 1.18. The van der Waals surface area contributed by atoms with Crippen molar-refractivity contribution in [1.29, 1.82) is 5.26 Å². The maximum Gasteiger partial charge on any atom is 0.146 e. The summed E-state index contributed by atoms with van der Waals surface area (Å²) in [5.74, 6) is 0.504. The topological polar surface area (TPSA) is 81.0 Å². The van der Waals surface area contributed by atoms with Gasteiger partial charge in [-0.2, -0.15) is 5.26 Å². The van der Waals surface area contributed by atoms with Gasteiger partial charge in [0.05, 0.1) is 11.7 Å². The first-order valence-electron chi connectivity index (χ1n) is 5.32. The van der Waals surface area contributed by atoms with Gasteiger partial charge in [0.1, 0.15) is 16.9 Å². The van der Waals surface area contributed by atoms with Crippen molar-refractivity contribution in [3.63, 3.8) is 0 Å². The molecule has 0 amide bonds. The van der Waals surface area contributed by atoms with Crippen LogP contribution in [0.1, 0.15) is 12.5 Å². The van der Waals surface area contributed by atoms with Crippen molar-refractivity contribution in [2.75, 3.05) is 25.0 Å². The van der Waals surface area contributed by atoms with Gasteiger partial charge in [-0.1, -0.05) is 11.6 Å². The summed E-state index contributed by atoms with van der Waals surface area (Å²) in [5.41, 5.74) is 0.404. The van der Waals surface area contributed by atoms with E-state index in [1.54, 1.807) is 13.0 Å². The highest BCUT2D eigenvalue weighted by Crippen LogP contribution is 2.22. The standard InChI is InChI=1S/C11H15ClN4O/c1-8(17)7-14-4-5-16-11-10(12)9(6-13)2-3-15-11/h2-3,8,14,17H,4-5,7H2,1H3,(H,15,16). The maximum absolute atomic E-state index is 9.03. The lowest BCUT2D eigenvalue weighted by Crippen LogP contribution is -2.29. The molecule has 0 fully saturated rings. The Morgan fingerprint density at radius 2 is 2.35 bits per heavy atom. The lowest BCUT2D eigenvalue weighted by molar-refractivity contribution is 0.192. The van der Waals surface area contributed by atoms with Crippen LogP contribution in [-0.2, 0) is 0 Å². The van der Waals surface area contributed by atoms with Gasteiger partial charge in [0.15, 0.2) is 0 Å². The SMILES string of the molecule is CC(O)CNCCNc1nccc(C#N)c1Cl. The minimum Gasteiger partial charge on any atom is -0.392 e. The van der Waals surface area contributed by atoms with Crippen molar-refractivity contribution < 1.29 is 5.11 Å². The average molecular weight is 255 g/mol. The predicted molar refractivity (Wildman–Crippen MR) is 67.0 cm³/mol. The number of aromatic nitrogens is 1. The minimum atomic E-state index is -0.362. The minimum absolute atomic E-state index is 0.338. The number of nitrogens with one attached hydrogen (secondary N) is 2. The zero-order valence-corrected chi connectivity index (χ0v) is 10.3. The van der Waals surface area contributed by atoms with Crippen LogP contribution in [-0.4, -0.2) is 35.8 Å². The first-order valence-corrected chi connectivity index (χ1v) is 5.70. The summed E-state index contributed by atoms with van der Waals surface area (Å²) in [4.78, 5) is 4.05. The van der Waals surface area contributed by atoms with Gasteiger partial charge in [0.25, 0.3) is 0 Å². The molecule has 1 rings (SSSR count). The van der Waals surface area contributed by atoms with Crippen molar-refractivity contribution in [3.8, 4) is 6.07 Å². The van der Waals surface area contributed by atoms with Crippen LogP contribution in [0.2, 0.25) is 5.02 Å². The van der Waals surface area contributed by atoms with E-state index in [-0.39, 0.29) is 6.10 Å². The maximum atomic E-state index is 9.03. The third-order valence-corrected chi connectivity index (χ3v) is 2.43. The highest BCUT2D eigenvalue weighted by molar-refractivity contribution is 6.34. The number of anilines is 1. The number of nitrogens with zero attached hydrogens (tertiary/aromatic N) is 2. The summed E-state index contributed by atoms with van der Waals surface area (Å²) >= 11 is 5.96. The second-order valence-corrected chi connectivity index (χ2v) is 3.99. The van der Waals surface area contributed by atoms with Crippen LogP contribution < -0.4 is 10.6 Å². The van der Waals surface area contributed by atoms with Crippen molar-refractivity contribution >= 4 is 17.4 Å². The second kappa shape index (κ2) is 7.07. The molecular formula is C11H15ClN4O. The fraction of sp³-hybridized carbons (Fsp3) is 0.455. The molecule has 1 aromatic heterocycles. The number of pyridine rings is 1. The molecule has 6 heteroatoms. The molecule has 0 aliphatic heterocycles. The number of aliphatic hydroxyl groups is 1. The van der Waals surface area contributed by atoms with Crippen molar-refractivity contribution in [2.45, 2.75) is 13.0 Å². The molecule has 0 radical (unpaired) electrons. The van der Waals surface area contributed by atoms with Crippen molar-refractivity contribution in [3.05, 3.63) is 22.8 Å². The molecule has 1 unspecified atom stereocenters. The molecule has 1 atom stereocenters. The van der Waals surface area contributed by atoms with Crippen molar-refractivity contribution in [1.82, 2.24) is 10.3 Å². The highest BCUT2D eigenvalue weighted by Gasteiger charge is 2.05. The van der Waals surface area contributed by atoms with E-state index in [1.165, 1.54) is 6.20 Å². The molecule has 1 heterocycles. The van der Waals surface area contributed by atoms with E-state index in [0.717, 1.165) is 0 Å². The van der Waals surface area contributed by atoms with Crippen LogP contribution in [0.15, 0.2) is 12.3 Å². The van der Waals surface area contributed by atoms with E-state index in [9.17, 15) is 0 Å². The van der Waals surface area contributed by atoms with Gasteiger partial charge >= 0.3 is 0 Å². The quantitative estimate of drug-likeness (QED) is 0.660. The largest absolute Gasteiger partial charge is 0.392 e. The molecule has 0 aliphatic rings. The Kier molecular flexibility index (Phi) is 5.70. The predicted octanol–water partition coefficient (Wildman–Crippen LogP) is 0.989. The van der Waals surface area contributed by atoms with Crippen LogP contribution in [0, 0.1) is 11.3 Å². The van der Waals surface area contributed by atoms with Gasteiger partial charge in [0, 0.05) is 25.8 Å². The van der Waals surface area contributed by atoms with Gasteiger partial charge < -0.3 is 15.7 Å². The lowest BCUT2D eigenvalue weighted by Gasteiger charge is -2.09. The van der Waals surface area contributed by atoms with Crippen LogP contribution in [0.3, 0.4) is 0 Å². The molecule has 17 heavy (non-hydrogen) atoms. The summed E-state index contributed by atoms with van der Waals surface area (Å²) in [7, 11) is 0. The molecule has 0 bridgehead atoms. The Morgan fingerprint density at radius 3 is 3.00 bits per heavy atom. The molecule has 1 aromatic rings. The van der Waals surface area contributed by atoms with Crippen LogP contribution in [0.4, 0.5) is 5.82 Å². The molecule has 3 N–H and O–H groups in total. The van der Waals surface area contributed by atoms with E-state index >= 15 is 0 Å². The number of hydrogen-bond acceptors (Lipinski definition) is 5. The zero-order valence-electron chi connectivity index (χ0n) is 9.57. The number of rotatable bonds is 6. The third-order valence-electron chi connectivity index (χ3n) is 2.04. The van der Waals surface area contributed by atoms with E-state index in [1.807, 2.05) is 6.07 Å². The fourth-order valence-electron chi connectivity index (χ4n) is 1.23. The first kappa shape index (κ1) is 13.7. The monoisotopic (exact) mass is 254 g/mol. The van der Waals surface area contributed by atoms with E-state index in [2.05, 4.69) is 15.6 Å². The number of hydrogen-bond donors (Lipinski definition) is 3. The van der Waals surface area contributed by atoms with Gasteiger partial charge in [-0.15, -0.1) is 0 Å². The Balaban J connectivity index is 2.40. The van der Waals surface area contributed by atoms with Gasteiger partial charge in [-0.05, 0) is 13.0 Å². The normalized spacial score (nSPS) is 11.9. The summed E-state index contributed by atoms with van der Waals surface area (Å²) in [6.45, 7) is 3.56. The van der Waals surface area contributed by atoms with Crippen LogP contribution >= 0.6 is 11.6 Å². The fourth-order valence-corrected chi connectivity index (χ4v) is 1.45. The Bertz CT molecular complexity index is 403. The smallest absolute Gasteiger partial charge is 0.146 e. The van der Waals surface area contributed by atoms with Gasteiger partial charge in [0.2, 0.25) is 0 Å². The number of aliphatic hydroxyl groups excluding tert-OH is 1. The van der Waals surface area contributed by atoms with E-state index < -0.39 is 0 Å². The molecular weight excluding hydrogens is 240 g/mol. The zero-order chi connectivity index (χ0) is 12.7. The summed E-state index contributed by atoms with van der Waals surface area (Å²) < 4.78 is 0. The molecule has 0 aliphatic carbocycles. The number of halogens is 1. The first-order chi connectivity index (χ1) is 8.15. The third kappa shape index (κ3) is 4.57. The Hall–Kier alpha value is -1.35. The molecule has 92 valence electrons. The van der Waals surface area contributed by atoms with Crippen molar-refractivity contribution in [2.24, 2.45) is 0 Å². The summed E-state index contributed by atoms with van der Waals surface area (Å²) in [5, 5.41) is 24.2. The molecule has 0 aromatic carbocycles. The Labute approximate surface area is 105 Å². The highest BCUT2D eigenvalue weighted by atomic mass is 35.5. The van der Waals surface area contributed by atoms with Gasteiger partial charge in [-0.3, -0.25) is 0 Å². The van der Waals surface area contributed by atoms with E-state index in [4.69, 9.17) is 22.0 Å². The second-order valence-electron chi connectivity index (χ2n) is 3.61. The molecule has 0 saturated heterocycles. The van der Waals surface area contributed by atoms with Crippen LogP contribution in [0.25, 0.3) is 0 Å². The number of nitriles is 1. The Morgan fingerprint density at radius 1 is 1.59 bits per heavy atom. The average Bonchev–Trinajstić information content (AvgIpc) is 2.30. The summed E-state index contributed by atoms with van der Waals surface area (Å²) in [6, 6.07) is 3.56. The molecule has 0 spiro atoms.